The first-order chi connectivity index (χ1) is 10.3. The average Bonchev–Trinajstić information content (AvgIpc) is 3.03. The van der Waals surface area contributed by atoms with Gasteiger partial charge in [0.1, 0.15) is 5.82 Å². The number of hydrogen-bond acceptors (Lipinski definition) is 3. The Balaban J connectivity index is 2.03. The summed E-state index contributed by atoms with van der Waals surface area (Å²) in [5, 5.41) is 7.98. The van der Waals surface area contributed by atoms with Crippen molar-refractivity contribution in [1.82, 2.24) is 20.2 Å². The second kappa shape index (κ2) is 5.83. The number of nitrogens with zero attached hydrogens (tertiary/aromatic N) is 3. The number of aromatic nitrogens is 4. The third-order valence-corrected chi connectivity index (χ3v) is 3.53. The SMILES string of the molecule is Cc1cccc([C@H](Cc2cccnn2)c2cnc[nH]2)c1F. The molecule has 1 aromatic carbocycles. The van der Waals surface area contributed by atoms with Crippen LogP contribution < -0.4 is 0 Å². The highest BCUT2D eigenvalue weighted by atomic mass is 19.1. The summed E-state index contributed by atoms with van der Waals surface area (Å²) < 4.78 is 14.5. The molecule has 0 saturated heterocycles. The molecule has 4 nitrogen and oxygen atoms in total. The second-order valence-electron chi connectivity index (χ2n) is 4.96. The molecular weight excluding hydrogens is 267 g/mol. The number of hydrogen-bond donors (Lipinski definition) is 1. The van der Waals surface area contributed by atoms with Gasteiger partial charge in [-0.05, 0) is 30.2 Å². The summed E-state index contributed by atoms with van der Waals surface area (Å²) in [6.07, 6.45) is 5.52. The van der Waals surface area contributed by atoms with Crippen molar-refractivity contribution < 1.29 is 4.39 Å². The first kappa shape index (κ1) is 13.4. The molecule has 0 aliphatic rings. The van der Waals surface area contributed by atoms with Gasteiger partial charge in [-0.2, -0.15) is 10.2 Å². The molecule has 106 valence electrons. The normalized spacial score (nSPS) is 12.3. The van der Waals surface area contributed by atoms with Crippen LogP contribution in [0.4, 0.5) is 4.39 Å². The van der Waals surface area contributed by atoms with Gasteiger partial charge in [0.2, 0.25) is 0 Å². The quantitative estimate of drug-likeness (QED) is 0.800. The maximum absolute atomic E-state index is 14.5. The highest BCUT2D eigenvalue weighted by Crippen LogP contribution is 2.29. The molecule has 0 unspecified atom stereocenters. The lowest BCUT2D eigenvalue weighted by molar-refractivity contribution is 0.582. The van der Waals surface area contributed by atoms with Crippen molar-refractivity contribution >= 4 is 0 Å². The van der Waals surface area contributed by atoms with E-state index in [1.807, 2.05) is 24.3 Å². The Morgan fingerprint density at radius 1 is 1.24 bits per heavy atom. The lowest BCUT2D eigenvalue weighted by atomic mass is 9.90. The molecule has 0 aliphatic carbocycles. The molecule has 3 rings (SSSR count). The van der Waals surface area contributed by atoms with Gasteiger partial charge in [0.15, 0.2) is 0 Å². The molecule has 2 heterocycles. The Bertz CT molecular complexity index is 710. The number of halogens is 1. The highest BCUT2D eigenvalue weighted by molar-refractivity contribution is 5.34. The maximum Gasteiger partial charge on any atom is 0.129 e. The minimum Gasteiger partial charge on any atom is -0.348 e. The molecule has 5 heteroatoms. The van der Waals surface area contributed by atoms with Crippen LogP contribution in [-0.4, -0.2) is 20.2 Å². The third kappa shape index (κ3) is 2.81. The Hall–Kier alpha value is -2.56. The van der Waals surface area contributed by atoms with E-state index >= 15 is 0 Å². The average molecular weight is 282 g/mol. The third-order valence-electron chi connectivity index (χ3n) is 3.53. The molecule has 2 aromatic heterocycles. The first-order valence-corrected chi connectivity index (χ1v) is 6.75. The van der Waals surface area contributed by atoms with E-state index in [4.69, 9.17) is 0 Å². The zero-order valence-electron chi connectivity index (χ0n) is 11.6. The Morgan fingerprint density at radius 2 is 2.14 bits per heavy atom. The Kier molecular flexibility index (Phi) is 3.73. The van der Waals surface area contributed by atoms with E-state index in [-0.39, 0.29) is 11.7 Å². The van der Waals surface area contributed by atoms with Crippen LogP contribution in [0.25, 0.3) is 0 Å². The molecular formula is C16H15FN4. The standard InChI is InChI=1S/C16H15FN4/c1-11-4-2-6-13(16(11)17)14(15-9-18-10-19-15)8-12-5-3-7-20-21-12/h2-7,9-10,14H,8H2,1H3,(H,18,19)/t14-/m0/s1. The van der Waals surface area contributed by atoms with Gasteiger partial charge in [-0.25, -0.2) is 9.37 Å². The van der Waals surface area contributed by atoms with Crippen molar-refractivity contribution in [2.24, 2.45) is 0 Å². The number of imidazole rings is 1. The van der Waals surface area contributed by atoms with E-state index < -0.39 is 0 Å². The summed E-state index contributed by atoms with van der Waals surface area (Å²) in [7, 11) is 0. The van der Waals surface area contributed by atoms with E-state index in [1.54, 1.807) is 31.7 Å². The van der Waals surface area contributed by atoms with E-state index in [9.17, 15) is 4.39 Å². The van der Waals surface area contributed by atoms with Crippen LogP contribution in [-0.2, 0) is 6.42 Å². The molecule has 1 atom stereocenters. The number of H-pyrrole nitrogens is 1. The van der Waals surface area contributed by atoms with Gasteiger partial charge >= 0.3 is 0 Å². The van der Waals surface area contributed by atoms with Gasteiger partial charge in [0, 0.05) is 30.4 Å². The maximum atomic E-state index is 14.5. The molecule has 3 aromatic rings. The van der Waals surface area contributed by atoms with Crippen LogP contribution in [0.5, 0.6) is 0 Å². The van der Waals surface area contributed by atoms with Gasteiger partial charge in [0.05, 0.1) is 12.0 Å². The summed E-state index contributed by atoms with van der Waals surface area (Å²) in [6, 6.07) is 9.17. The van der Waals surface area contributed by atoms with E-state index in [0.717, 1.165) is 11.4 Å². The summed E-state index contributed by atoms with van der Waals surface area (Å²) in [5.74, 6) is -0.343. The van der Waals surface area contributed by atoms with E-state index in [1.165, 1.54) is 0 Å². The number of nitrogens with one attached hydrogen (secondary N) is 1. The molecule has 21 heavy (non-hydrogen) atoms. The van der Waals surface area contributed by atoms with Crippen LogP contribution >= 0.6 is 0 Å². The predicted molar refractivity (Wildman–Crippen MR) is 77.3 cm³/mol. The molecule has 1 N–H and O–H groups in total. The van der Waals surface area contributed by atoms with Crippen molar-refractivity contribution in [1.29, 1.82) is 0 Å². The zero-order valence-corrected chi connectivity index (χ0v) is 11.6. The number of rotatable bonds is 4. The monoisotopic (exact) mass is 282 g/mol. The first-order valence-electron chi connectivity index (χ1n) is 6.75. The van der Waals surface area contributed by atoms with Crippen LogP contribution in [0.15, 0.2) is 49.1 Å². The van der Waals surface area contributed by atoms with E-state index in [2.05, 4.69) is 20.2 Å². The lowest BCUT2D eigenvalue weighted by Crippen LogP contribution is -2.10. The smallest absolute Gasteiger partial charge is 0.129 e. The van der Waals surface area contributed by atoms with Crippen LogP contribution in [0.3, 0.4) is 0 Å². The number of aromatic amines is 1. The summed E-state index contributed by atoms with van der Waals surface area (Å²) >= 11 is 0. The summed E-state index contributed by atoms with van der Waals surface area (Å²) in [6.45, 7) is 1.77. The summed E-state index contributed by atoms with van der Waals surface area (Å²) in [5.41, 5.74) is 2.96. The molecule has 0 aliphatic heterocycles. The Labute approximate surface area is 122 Å². The minimum atomic E-state index is -0.180. The fourth-order valence-corrected chi connectivity index (χ4v) is 2.44. The van der Waals surface area contributed by atoms with E-state index in [0.29, 0.717) is 17.5 Å². The molecule has 0 radical (unpaired) electrons. The van der Waals surface area contributed by atoms with Gasteiger partial charge in [-0.3, -0.25) is 0 Å². The van der Waals surface area contributed by atoms with Crippen LogP contribution in [0.2, 0.25) is 0 Å². The fourth-order valence-electron chi connectivity index (χ4n) is 2.44. The van der Waals surface area contributed by atoms with Gasteiger partial charge in [-0.1, -0.05) is 18.2 Å². The minimum absolute atomic E-state index is 0.163. The largest absolute Gasteiger partial charge is 0.348 e. The summed E-state index contributed by atoms with van der Waals surface area (Å²) in [4.78, 5) is 7.12. The fraction of sp³-hybridized carbons (Fsp3) is 0.188. The highest BCUT2D eigenvalue weighted by Gasteiger charge is 2.21. The molecule has 0 fully saturated rings. The lowest BCUT2D eigenvalue weighted by Gasteiger charge is -2.17. The second-order valence-corrected chi connectivity index (χ2v) is 4.96. The number of benzene rings is 1. The van der Waals surface area contributed by atoms with Crippen molar-refractivity contribution in [3.8, 4) is 0 Å². The number of aryl methyl sites for hydroxylation is 1. The molecule has 0 saturated carbocycles. The molecule has 0 amide bonds. The Morgan fingerprint density at radius 3 is 2.86 bits per heavy atom. The van der Waals surface area contributed by atoms with Crippen molar-refractivity contribution in [3.63, 3.8) is 0 Å². The predicted octanol–water partition coefficient (Wildman–Crippen LogP) is 3.02. The topological polar surface area (TPSA) is 54.5 Å². The molecule has 0 spiro atoms. The zero-order chi connectivity index (χ0) is 14.7. The van der Waals surface area contributed by atoms with Crippen molar-refractivity contribution in [3.05, 3.63) is 77.4 Å². The van der Waals surface area contributed by atoms with Crippen LogP contribution in [0.1, 0.15) is 28.4 Å². The van der Waals surface area contributed by atoms with Crippen LogP contribution in [0, 0.1) is 12.7 Å². The molecule has 0 bridgehead atoms. The van der Waals surface area contributed by atoms with Gasteiger partial charge in [-0.15, -0.1) is 0 Å². The van der Waals surface area contributed by atoms with Crippen molar-refractivity contribution in [2.75, 3.05) is 0 Å². The van der Waals surface area contributed by atoms with Crippen molar-refractivity contribution in [2.45, 2.75) is 19.3 Å². The van der Waals surface area contributed by atoms with Gasteiger partial charge in [0.25, 0.3) is 0 Å². The van der Waals surface area contributed by atoms with Gasteiger partial charge < -0.3 is 4.98 Å².